The minimum atomic E-state index is -0.924. The number of aliphatic carboxylic acids is 1. The van der Waals surface area contributed by atoms with Gasteiger partial charge in [0, 0.05) is 87.2 Å². The highest BCUT2D eigenvalue weighted by Gasteiger charge is 2.22. The van der Waals surface area contributed by atoms with Crippen molar-refractivity contribution in [1.82, 2.24) is 24.9 Å². The first-order valence-electron chi connectivity index (χ1n) is 16.9. The summed E-state index contributed by atoms with van der Waals surface area (Å²) in [6, 6.07) is -0.445. The van der Waals surface area contributed by atoms with Gasteiger partial charge in [0.25, 0.3) is 0 Å². The van der Waals surface area contributed by atoms with Gasteiger partial charge in [0.05, 0.1) is 42.5 Å². The summed E-state index contributed by atoms with van der Waals surface area (Å²) in [5.74, 6) is -1.06. The number of amides is 1. The molecule has 1 saturated heterocycles. The van der Waals surface area contributed by atoms with Crippen LogP contribution in [-0.4, -0.2) is 179 Å². The van der Waals surface area contributed by atoms with Crippen LogP contribution in [0.25, 0.3) is 0 Å². The lowest BCUT2D eigenvalue weighted by Crippen LogP contribution is -2.50. The Hall–Kier alpha value is -2.33. The van der Waals surface area contributed by atoms with Crippen molar-refractivity contribution in [3.05, 3.63) is 0 Å². The standard InChI is InChI=1S/C20H35N5O6.3C5H12O/c1-21-19(29)3-2-18(17-28)25-10-8-22(12-14-26)4-6-24(16-20(30)31)7-5-23(9-11-25)13-15-27;3*1-5(2,3)6-4/h14-15,17-18H,2-13,16H2,1H3,(H,21,29)(H,30,31);3*1-4H3. The minimum Gasteiger partial charge on any atom is -0.480 e. The summed E-state index contributed by atoms with van der Waals surface area (Å²) in [6.07, 6.45) is 3.09. The summed E-state index contributed by atoms with van der Waals surface area (Å²) < 4.78 is 14.8. The Morgan fingerprint density at radius 2 is 1.00 bits per heavy atom. The van der Waals surface area contributed by atoms with Crippen molar-refractivity contribution < 1.29 is 43.3 Å². The second-order valence-electron chi connectivity index (χ2n) is 14.5. The van der Waals surface area contributed by atoms with Gasteiger partial charge in [0.1, 0.15) is 18.9 Å². The summed E-state index contributed by atoms with van der Waals surface area (Å²) in [7, 11) is 6.68. The number of carbonyl (C=O) groups is 5. The molecule has 0 saturated carbocycles. The first-order chi connectivity index (χ1) is 22.6. The van der Waals surface area contributed by atoms with E-state index < -0.39 is 12.0 Å². The number of carboxylic acid groups (broad SMARTS) is 1. The Bertz CT molecular complexity index is 827. The zero-order valence-corrected chi connectivity index (χ0v) is 33.0. The van der Waals surface area contributed by atoms with Gasteiger partial charge in [-0.2, -0.15) is 0 Å². The molecule has 290 valence electrons. The Balaban J connectivity index is -0.000000953. The van der Waals surface area contributed by atoms with Crippen LogP contribution in [0.1, 0.15) is 75.2 Å². The highest BCUT2D eigenvalue weighted by Crippen LogP contribution is 2.08. The van der Waals surface area contributed by atoms with E-state index in [9.17, 15) is 29.1 Å². The largest absolute Gasteiger partial charge is 0.480 e. The highest BCUT2D eigenvalue weighted by atomic mass is 16.5. The molecule has 0 aromatic rings. The molecule has 1 aliphatic rings. The van der Waals surface area contributed by atoms with E-state index in [-0.39, 0.29) is 48.8 Å². The van der Waals surface area contributed by atoms with E-state index in [1.165, 1.54) is 0 Å². The second-order valence-corrected chi connectivity index (χ2v) is 14.5. The van der Waals surface area contributed by atoms with E-state index in [0.717, 1.165) is 18.9 Å². The maximum atomic E-state index is 11.8. The van der Waals surface area contributed by atoms with Gasteiger partial charge in [-0.05, 0) is 68.7 Å². The summed E-state index contributed by atoms with van der Waals surface area (Å²) >= 11 is 0. The molecule has 14 heteroatoms. The van der Waals surface area contributed by atoms with Crippen LogP contribution in [0.4, 0.5) is 0 Å². The predicted molar refractivity (Wildman–Crippen MR) is 194 cm³/mol. The summed E-state index contributed by atoms with van der Waals surface area (Å²) in [4.78, 5) is 64.4. The molecule has 1 rings (SSSR count). The molecule has 1 heterocycles. The van der Waals surface area contributed by atoms with Crippen LogP contribution in [0, 0.1) is 0 Å². The molecule has 49 heavy (non-hydrogen) atoms. The van der Waals surface area contributed by atoms with Crippen molar-refractivity contribution in [2.75, 3.05) is 100 Å². The Kier molecular flexibility index (Phi) is 29.6. The molecule has 0 radical (unpaired) electrons. The molecule has 0 aliphatic carbocycles. The van der Waals surface area contributed by atoms with Crippen molar-refractivity contribution >= 4 is 30.7 Å². The van der Waals surface area contributed by atoms with E-state index in [4.69, 9.17) is 14.2 Å². The molecule has 0 bridgehead atoms. The van der Waals surface area contributed by atoms with Gasteiger partial charge in [0.15, 0.2) is 0 Å². The van der Waals surface area contributed by atoms with Crippen molar-refractivity contribution in [1.29, 1.82) is 0 Å². The molecule has 0 spiro atoms. The molecule has 1 unspecified atom stereocenters. The lowest BCUT2D eigenvalue weighted by atomic mass is 10.1. The summed E-state index contributed by atoms with van der Waals surface area (Å²) in [5, 5.41) is 11.7. The fourth-order valence-corrected chi connectivity index (χ4v) is 3.55. The van der Waals surface area contributed by atoms with Crippen LogP contribution in [0.5, 0.6) is 0 Å². The number of nitrogens with one attached hydrogen (secondary N) is 1. The molecular formula is C35H71N5O9. The van der Waals surface area contributed by atoms with Crippen LogP contribution >= 0.6 is 0 Å². The molecule has 1 aliphatic heterocycles. The molecular weight excluding hydrogens is 634 g/mol. The first kappa shape index (κ1) is 51.0. The molecule has 0 aromatic heterocycles. The number of nitrogens with zero attached hydrogens (tertiary/aromatic N) is 4. The van der Waals surface area contributed by atoms with Crippen molar-refractivity contribution in [3.63, 3.8) is 0 Å². The van der Waals surface area contributed by atoms with Gasteiger partial charge in [-0.15, -0.1) is 0 Å². The Labute approximate surface area is 297 Å². The van der Waals surface area contributed by atoms with Gasteiger partial charge >= 0.3 is 5.97 Å². The molecule has 1 fully saturated rings. The normalized spacial score (nSPS) is 16.8. The van der Waals surface area contributed by atoms with Crippen LogP contribution < -0.4 is 5.32 Å². The summed E-state index contributed by atoms with van der Waals surface area (Å²) in [6.45, 7) is 22.6. The number of carbonyl (C=O) groups excluding carboxylic acids is 4. The second kappa shape index (κ2) is 28.4. The number of methoxy groups -OCH3 is 3. The predicted octanol–water partition coefficient (Wildman–Crippen LogP) is 2.08. The van der Waals surface area contributed by atoms with Crippen molar-refractivity contribution in [2.24, 2.45) is 0 Å². The zero-order valence-electron chi connectivity index (χ0n) is 33.0. The highest BCUT2D eigenvalue weighted by molar-refractivity contribution is 5.76. The van der Waals surface area contributed by atoms with Crippen molar-refractivity contribution in [3.8, 4) is 0 Å². The van der Waals surface area contributed by atoms with Crippen LogP contribution in [0.3, 0.4) is 0 Å². The van der Waals surface area contributed by atoms with Crippen LogP contribution in [-0.2, 0) is 38.2 Å². The van der Waals surface area contributed by atoms with Crippen LogP contribution in [0.2, 0.25) is 0 Å². The lowest BCUT2D eigenvalue weighted by molar-refractivity contribution is -0.138. The number of hydrogen-bond donors (Lipinski definition) is 2. The zero-order chi connectivity index (χ0) is 38.7. The number of aldehydes is 3. The van der Waals surface area contributed by atoms with Gasteiger partial charge in [-0.3, -0.25) is 29.2 Å². The van der Waals surface area contributed by atoms with E-state index >= 15 is 0 Å². The lowest BCUT2D eigenvalue weighted by Gasteiger charge is -2.35. The van der Waals surface area contributed by atoms with Gasteiger partial charge in [-0.25, -0.2) is 0 Å². The topological polar surface area (TPSA) is 158 Å². The average Bonchev–Trinajstić information content (AvgIpc) is 3.01. The van der Waals surface area contributed by atoms with Crippen molar-refractivity contribution in [2.45, 2.75) is 98.0 Å². The molecule has 14 nitrogen and oxygen atoms in total. The SMILES string of the molecule is CNC(=O)CCC(C=O)N1CCN(CC=O)CCN(CC(=O)O)CCN(CC=O)CC1.COC(C)(C)C.COC(C)(C)C.COC(C)(C)C. The fraction of sp³-hybridized carbons (Fsp3) is 0.857. The number of ether oxygens (including phenoxy) is 3. The number of carboxylic acids is 1. The Morgan fingerprint density at radius 1 is 0.673 bits per heavy atom. The first-order valence-corrected chi connectivity index (χ1v) is 16.9. The van der Waals surface area contributed by atoms with Gasteiger partial charge in [0.2, 0.25) is 5.91 Å². The molecule has 0 aromatic carbocycles. The molecule has 1 atom stereocenters. The van der Waals surface area contributed by atoms with E-state index in [2.05, 4.69) is 5.32 Å². The average molecular weight is 706 g/mol. The third-order valence-corrected chi connectivity index (χ3v) is 7.31. The fourth-order valence-electron chi connectivity index (χ4n) is 3.55. The Morgan fingerprint density at radius 3 is 1.27 bits per heavy atom. The molecule has 1 amide bonds. The number of hydrogen-bond acceptors (Lipinski definition) is 12. The smallest absolute Gasteiger partial charge is 0.317 e. The monoisotopic (exact) mass is 706 g/mol. The van der Waals surface area contributed by atoms with E-state index in [0.29, 0.717) is 58.8 Å². The quantitative estimate of drug-likeness (QED) is 0.302. The van der Waals surface area contributed by atoms with Gasteiger partial charge < -0.3 is 39.0 Å². The third kappa shape index (κ3) is 35.3. The maximum absolute atomic E-state index is 11.8. The van der Waals surface area contributed by atoms with E-state index in [1.54, 1.807) is 33.3 Å². The minimum absolute atomic E-state index is 0.0417. The summed E-state index contributed by atoms with van der Waals surface area (Å²) in [5.41, 5.74) is 0.125. The molecule has 2 N–H and O–H groups in total. The maximum Gasteiger partial charge on any atom is 0.317 e. The van der Waals surface area contributed by atoms with Crippen LogP contribution in [0.15, 0.2) is 0 Å². The third-order valence-electron chi connectivity index (χ3n) is 7.31. The van der Waals surface area contributed by atoms with E-state index in [1.807, 2.05) is 77.0 Å². The number of rotatable bonds is 11. The van der Waals surface area contributed by atoms with Gasteiger partial charge in [-0.1, -0.05) is 0 Å².